The van der Waals surface area contributed by atoms with Crippen molar-refractivity contribution in [3.63, 3.8) is 0 Å². The molecule has 0 radical (unpaired) electrons. The van der Waals surface area contributed by atoms with Crippen molar-refractivity contribution < 1.29 is 47.6 Å². The molecule has 2 rings (SSSR count). The molecule has 0 spiro atoms. The molecule has 30 heavy (non-hydrogen) atoms. The minimum atomic E-state index is -1.12. The smallest absolute Gasteiger partial charge is 0.304 e. The zero-order valence-corrected chi connectivity index (χ0v) is 17.9. The van der Waals surface area contributed by atoms with Gasteiger partial charge in [-0.05, 0) is 19.9 Å². The van der Waals surface area contributed by atoms with Gasteiger partial charge in [0.25, 0.3) is 0 Å². The zero-order chi connectivity index (χ0) is 22.6. The molecule has 168 valence electrons. The predicted molar refractivity (Wildman–Crippen MR) is 99.7 cm³/mol. The van der Waals surface area contributed by atoms with Crippen LogP contribution >= 0.6 is 0 Å². The average molecular weight is 428 g/mol. The van der Waals surface area contributed by atoms with Crippen LogP contribution in [0.15, 0.2) is 12.2 Å². The number of carbonyl (C=O) groups excluding carboxylic acids is 4. The van der Waals surface area contributed by atoms with Crippen LogP contribution in [0.1, 0.15) is 41.5 Å². The Hall–Kier alpha value is -2.46. The van der Waals surface area contributed by atoms with Gasteiger partial charge in [0.1, 0.15) is 6.10 Å². The van der Waals surface area contributed by atoms with E-state index in [1.54, 1.807) is 26.0 Å². The van der Waals surface area contributed by atoms with Gasteiger partial charge in [-0.25, -0.2) is 0 Å². The van der Waals surface area contributed by atoms with Crippen molar-refractivity contribution >= 4 is 23.9 Å². The van der Waals surface area contributed by atoms with Crippen LogP contribution in [0, 0.1) is 5.92 Å². The Kier molecular flexibility index (Phi) is 7.96. The van der Waals surface area contributed by atoms with E-state index in [-0.39, 0.29) is 0 Å². The summed E-state index contributed by atoms with van der Waals surface area (Å²) in [6, 6.07) is 0. The van der Waals surface area contributed by atoms with Crippen LogP contribution in [0.2, 0.25) is 0 Å². The summed E-state index contributed by atoms with van der Waals surface area (Å²) >= 11 is 0. The predicted octanol–water partition coefficient (Wildman–Crippen LogP) is 1.05. The molecule has 0 aromatic heterocycles. The monoisotopic (exact) mass is 428 g/mol. The van der Waals surface area contributed by atoms with E-state index < -0.39 is 72.7 Å². The van der Waals surface area contributed by atoms with Gasteiger partial charge in [-0.1, -0.05) is 6.08 Å². The van der Waals surface area contributed by atoms with E-state index in [0.717, 1.165) is 0 Å². The second-order valence-corrected chi connectivity index (χ2v) is 7.31. The van der Waals surface area contributed by atoms with Gasteiger partial charge in [0, 0.05) is 27.7 Å². The van der Waals surface area contributed by atoms with Crippen molar-refractivity contribution in [2.45, 2.75) is 84.5 Å². The lowest BCUT2D eigenvalue weighted by molar-refractivity contribution is -0.290. The van der Waals surface area contributed by atoms with Gasteiger partial charge >= 0.3 is 23.9 Å². The highest BCUT2D eigenvalue weighted by atomic mass is 16.7. The third-order valence-electron chi connectivity index (χ3n) is 4.72. The molecule has 2 aliphatic heterocycles. The second-order valence-electron chi connectivity index (χ2n) is 7.31. The van der Waals surface area contributed by atoms with Crippen molar-refractivity contribution in [3.05, 3.63) is 12.2 Å². The van der Waals surface area contributed by atoms with Gasteiger partial charge in [0.2, 0.25) is 6.29 Å². The molecule has 2 heterocycles. The summed E-state index contributed by atoms with van der Waals surface area (Å²) < 4.78 is 33.2. The van der Waals surface area contributed by atoms with E-state index >= 15 is 0 Å². The molecule has 0 aromatic carbocycles. The van der Waals surface area contributed by atoms with E-state index in [0.29, 0.717) is 0 Å². The average Bonchev–Trinajstić information content (AvgIpc) is 2.59. The molecule has 0 saturated carbocycles. The van der Waals surface area contributed by atoms with Crippen LogP contribution < -0.4 is 0 Å². The Morgan fingerprint density at radius 1 is 0.667 bits per heavy atom. The molecular weight excluding hydrogens is 400 g/mol. The van der Waals surface area contributed by atoms with Gasteiger partial charge in [-0.3, -0.25) is 19.2 Å². The maximum atomic E-state index is 11.8. The molecule has 0 aromatic rings. The normalized spacial score (nSPS) is 35.8. The molecule has 0 bridgehead atoms. The fourth-order valence-corrected chi connectivity index (χ4v) is 3.62. The van der Waals surface area contributed by atoms with E-state index in [4.69, 9.17) is 28.4 Å². The SMILES string of the molecule is CC(=O)OC1O[C@@H](C)[C@@H](OC(C)=O)[C@@H](OC(C)=O)[C@@H]1[C@H]1C=C[C@H](OC(C)=O)[C@H](C)O1. The Bertz CT molecular complexity index is 702. The van der Waals surface area contributed by atoms with Gasteiger partial charge < -0.3 is 28.4 Å². The summed E-state index contributed by atoms with van der Waals surface area (Å²) in [5.41, 5.74) is 0. The van der Waals surface area contributed by atoms with Crippen molar-refractivity contribution in [3.8, 4) is 0 Å². The summed E-state index contributed by atoms with van der Waals surface area (Å²) in [6.45, 7) is 8.30. The molecule has 0 aliphatic carbocycles. The van der Waals surface area contributed by atoms with Crippen LogP contribution in [0.4, 0.5) is 0 Å². The molecule has 0 amide bonds. The third kappa shape index (κ3) is 6.02. The highest BCUT2D eigenvalue weighted by Crippen LogP contribution is 2.37. The summed E-state index contributed by atoms with van der Waals surface area (Å²) in [5.74, 6) is -3.09. The highest BCUT2D eigenvalue weighted by molar-refractivity contribution is 5.68. The van der Waals surface area contributed by atoms with Gasteiger partial charge in [0.05, 0.1) is 24.2 Å². The molecular formula is C20H28O10. The van der Waals surface area contributed by atoms with Crippen molar-refractivity contribution in [2.75, 3.05) is 0 Å². The number of esters is 4. The summed E-state index contributed by atoms with van der Waals surface area (Å²) in [6.07, 6.45) is -2.42. The number of hydrogen-bond acceptors (Lipinski definition) is 10. The molecule has 1 unspecified atom stereocenters. The lowest BCUT2D eigenvalue weighted by Crippen LogP contribution is -2.61. The fraction of sp³-hybridized carbons (Fsp3) is 0.700. The first kappa shape index (κ1) is 23.8. The van der Waals surface area contributed by atoms with E-state index in [2.05, 4.69) is 0 Å². The second kappa shape index (κ2) is 10.0. The van der Waals surface area contributed by atoms with Crippen LogP contribution in [-0.2, 0) is 47.6 Å². The van der Waals surface area contributed by atoms with E-state index in [1.807, 2.05) is 0 Å². The summed E-state index contributed by atoms with van der Waals surface area (Å²) in [5, 5.41) is 0. The molecule has 1 saturated heterocycles. The van der Waals surface area contributed by atoms with Crippen molar-refractivity contribution in [1.82, 2.24) is 0 Å². The first-order chi connectivity index (χ1) is 14.0. The third-order valence-corrected chi connectivity index (χ3v) is 4.72. The van der Waals surface area contributed by atoms with Crippen LogP contribution in [-0.4, -0.2) is 66.8 Å². The number of hydrogen-bond donors (Lipinski definition) is 0. The van der Waals surface area contributed by atoms with E-state index in [1.165, 1.54) is 27.7 Å². The quantitative estimate of drug-likeness (QED) is 0.356. The lowest BCUT2D eigenvalue weighted by Gasteiger charge is -2.47. The first-order valence-corrected chi connectivity index (χ1v) is 9.67. The van der Waals surface area contributed by atoms with Gasteiger partial charge in [0.15, 0.2) is 12.2 Å². The molecule has 1 fully saturated rings. The Morgan fingerprint density at radius 2 is 1.20 bits per heavy atom. The standard InChI is InChI=1S/C20H28O10/c1-9-15(27-11(3)21)7-8-16(25-9)17-19(29-13(5)23)18(28-12(4)22)10(2)26-20(17)30-14(6)24/h7-10,15-20H,1-6H3/t9-,10-,15-,16+,17-,18+,19-,20?/m0/s1. The highest BCUT2D eigenvalue weighted by Gasteiger charge is 2.53. The van der Waals surface area contributed by atoms with Gasteiger partial charge in [-0.2, -0.15) is 0 Å². The molecule has 10 heteroatoms. The Labute approximate surface area is 174 Å². The Balaban J connectivity index is 2.41. The largest absolute Gasteiger partial charge is 0.458 e. The number of ether oxygens (including phenoxy) is 6. The number of carbonyl (C=O) groups is 4. The van der Waals surface area contributed by atoms with Crippen LogP contribution in [0.25, 0.3) is 0 Å². The lowest BCUT2D eigenvalue weighted by atomic mass is 9.85. The maximum absolute atomic E-state index is 11.8. The number of rotatable bonds is 5. The van der Waals surface area contributed by atoms with Crippen molar-refractivity contribution in [1.29, 1.82) is 0 Å². The van der Waals surface area contributed by atoms with Crippen molar-refractivity contribution in [2.24, 2.45) is 5.92 Å². The fourth-order valence-electron chi connectivity index (χ4n) is 3.62. The van der Waals surface area contributed by atoms with Crippen LogP contribution in [0.3, 0.4) is 0 Å². The topological polar surface area (TPSA) is 124 Å². The van der Waals surface area contributed by atoms with Crippen LogP contribution in [0.5, 0.6) is 0 Å². The zero-order valence-electron chi connectivity index (χ0n) is 17.9. The molecule has 2 aliphatic rings. The maximum Gasteiger partial charge on any atom is 0.304 e. The summed E-state index contributed by atoms with van der Waals surface area (Å²) in [7, 11) is 0. The minimum absolute atomic E-state index is 0.459. The first-order valence-electron chi connectivity index (χ1n) is 9.67. The molecule has 8 atom stereocenters. The van der Waals surface area contributed by atoms with Gasteiger partial charge in [-0.15, -0.1) is 0 Å². The minimum Gasteiger partial charge on any atom is -0.458 e. The summed E-state index contributed by atoms with van der Waals surface area (Å²) in [4.78, 5) is 46.4. The molecule has 0 N–H and O–H groups in total. The Morgan fingerprint density at radius 3 is 1.70 bits per heavy atom. The molecule has 10 nitrogen and oxygen atoms in total. The van der Waals surface area contributed by atoms with E-state index in [9.17, 15) is 19.2 Å².